The third kappa shape index (κ3) is 5.86. The van der Waals surface area contributed by atoms with Crippen molar-refractivity contribution in [3.63, 3.8) is 0 Å². The van der Waals surface area contributed by atoms with Crippen molar-refractivity contribution in [2.45, 2.75) is 56.9 Å². The SMILES string of the molecule is COc1ccc(S(=O)(=O)N(C)Cc2nc(-c3ccc(C(C)(C)C)cc3)no2)cc1C(=O)N1CCCCC1. The molecule has 0 bridgehead atoms. The number of aromatic nitrogens is 2. The lowest BCUT2D eigenvalue weighted by Gasteiger charge is -2.27. The van der Waals surface area contributed by atoms with Crippen molar-refractivity contribution in [3.8, 4) is 17.1 Å². The number of hydrogen-bond donors (Lipinski definition) is 0. The molecule has 1 aliphatic rings. The van der Waals surface area contributed by atoms with Crippen LogP contribution in [0.5, 0.6) is 5.75 Å². The zero-order chi connectivity index (χ0) is 26.8. The molecule has 2 aromatic carbocycles. The fraction of sp³-hybridized carbons (Fsp3) is 0.444. The predicted molar refractivity (Wildman–Crippen MR) is 140 cm³/mol. The van der Waals surface area contributed by atoms with E-state index in [2.05, 4.69) is 30.9 Å². The summed E-state index contributed by atoms with van der Waals surface area (Å²) in [6.45, 7) is 7.60. The van der Waals surface area contributed by atoms with Crippen molar-refractivity contribution in [2.75, 3.05) is 27.2 Å². The van der Waals surface area contributed by atoms with Crippen LogP contribution >= 0.6 is 0 Å². The molecule has 1 aliphatic heterocycles. The molecular formula is C27H34N4O5S. The highest BCUT2D eigenvalue weighted by Crippen LogP contribution is 2.28. The lowest BCUT2D eigenvalue weighted by molar-refractivity contribution is 0.0720. The van der Waals surface area contributed by atoms with Gasteiger partial charge < -0.3 is 14.2 Å². The summed E-state index contributed by atoms with van der Waals surface area (Å²) in [5.41, 5.74) is 2.23. The molecule has 198 valence electrons. The molecule has 0 atom stereocenters. The minimum absolute atomic E-state index is 0.00586. The molecule has 1 saturated heterocycles. The van der Waals surface area contributed by atoms with Gasteiger partial charge in [-0.1, -0.05) is 50.2 Å². The van der Waals surface area contributed by atoms with E-state index in [9.17, 15) is 13.2 Å². The Kier molecular flexibility index (Phi) is 7.70. The van der Waals surface area contributed by atoms with Crippen molar-refractivity contribution >= 4 is 15.9 Å². The van der Waals surface area contributed by atoms with Gasteiger partial charge in [0.1, 0.15) is 5.75 Å². The Labute approximate surface area is 218 Å². The number of carbonyl (C=O) groups excluding carboxylic acids is 1. The van der Waals surface area contributed by atoms with Crippen molar-refractivity contribution in [1.29, 1.82) is 0 Å². The largest absolute Gasteiger partial charge is 0.496 e. The first-order valence-electron chi connectivity index (χ1n) is 12.4. The zero-order valence-electron chi connectivity index (χ0n) is 22.0. The van der Waals surface area contributed by atoms with Crippen molar-refractivity contribution < 1.29 is 22.5 Å². The quantitative estimate of drug-likeness (QED) is 0.447. The normalized spacial score (nSPS) is 14.7. The summed E-state index contributed by atoms with van der Waals surface area (Å²) in [5, 5.41) is 4.02. The Hall–Kier alpha value is -3.24. The van der Waals surface area contributed by atoms with Gasteiger partial charge in [0.25, 0.3) is 5.91 Å². The second kappa shape index (κ2) is 10.6. The number of methoxy groups -OCH3 is 1. The maximum atomic E-state index is 13.4. The van der Waals surface area contributed by atoms with Gasteiger partial charge in [0.15, 0.2) is 0 Å². The molecule has 4 rings (SSSR count). The third-order valence-electron chi connectivity index (χ3n) is 6.59. The lowest BCUT2D eigenvalue weighted by atomic mass is 9.87. The lowest BCUT2D eigenvalue weighted by Crippen LogP contribution is -2.36. The Morgan fingerprint density at radius 1 is 1.08 bits per heavy atom. The minimum atomic E-state index is -3.95. The predicted octanol–water partition coefficient (Wildman–Crippen LogP) is 4.49. The van der Waals surface area contributed by atoms with Gasteiger partial charge in [0.05, 0.1) is 24.1 Å². The highest BCUT2D eigenvalue weighted by atomic mass is 32.2. The number of rotatable bonds is 7. The maximum Gasteiger partial charge on any atom is 0.257 e. The Morgan fingerprint density at radius 2 is 1.76 bits per heavy atom. The first kappa shape index (κ1) is 26.8. The van der Waals surface area contributed by atoms with E-state index >= 15 is 0 Å². The molecule has 1 fully saturated rings. The van der Waals surface area contributed by atoms with Gasteiger partial charge >= 0.3 is 0 Å². The van der Waals surface area contributed by atoms with Gasteiger partial charge in [-0.15, -0.1) is 0 Å². The van der Waals surface area contributed by atoms with Crippen molar-refractivity contribution in [3.05, 3.63) is 59.5 Å². The molecule has 37 heavy (non-hydrogen) atoms. The summed E-state index contributed by atoms with van der Waals surface area (Å²) in [6, 6.07) is 12.2. The summed E-state index contributed by atoms with van der Waals surface area (Å²) >= 11 is 0. The number of piperidine rings is 1. The van der Waals surface area contributed by atoms with E-state index in [0.29, 0.717) is 24.7 Å². The van der Waals surface area contributed by atoms with E-state index in [-0.39, 0.29) is 34.2 Å². The van der Waals surface area contributed by atoms with Crippen LogP contribution in [0.2, 0.25) is 0 Å². The number of sulfonamides is 1. The van der Waals surface area contributed by atoms with E-state index in [1.807, 2.05) is 24.3 Å². The standard InChI is InChI=1S/C27H34N4O5S/c1-27(2,3)20-11-9-19(10-12-20)25-28-24(36-29-25)18-30(4)37(33,34)21-13-14-23(35-5)22(17-21)26(32)31-15-7-6-8-16-31/h9-14,17H,6-8,15-16,18H2,1-5H3. The monoisotopic (exact) mass is 526 g/mol. The van der Waals surface area contributed by atoms with E-state index < -0.39 is 10.0 Å². The highest BCUT2D eigenvalue weighted by Gasteiger charge is 2.28. The van der Waals surface area contributed by atoms with E-state index in [1.54, 1.807) is 4.90 Å². The summed E-state index contributed by atoms with van der Waals surface area (Å²) < 4.78 is 38.6. The van der Waals surface area contributed by atoms with Gasteiger partial charge in [0, 0.05) is 25.7 Å². The molecular weight excluding hydrogens is 492 g/mol. The highest BCUT2D eigenvalue weighted by molar-refractivity contribution is 7.89. The van der Waals surface area contributed by atoms with Crippen LogP contribution in [-0.2, 0) is 22.0 Å². The number of likely N-dealkylation sites (tertiary alicyclic amines) is 1. The maximum absolute atomic E-state index is 13.4. The topological polar surface area (TPSA) is 106 Å². The average Bonchev–Trinajstić information content (AvgIpc) is 3.36. The van der Waals surface area contributed by atoms with Crippen LogP contribution in [0.1, 0.15) is 61.8 Å². The Balaban J connectivity index is 1.53. The number of benzene rings is 2. The second-order valence-corrected chi connectivity index (χ2v) is 12.4. The number of amides is 1. The van der Waals surface area contributed by atoms with E-state index in [1.165, 1.54) is 37.9 Å². The van der Waals surface area contributed by atoms with Crippen LogP contribution in [0.15, 0.2) is 51.9 Å². The Morgan fingerprint density at radius 3 is 2.38 bits per heavy atom. The van der Waals surface area contributed by atoms with Crippen LogP contribution in [-0.4, -0.2) is 60.9 Å². The van der Waals surface area contributed by atoms with Gasteiger partial charge in [-0.3, -0.25) is 4.79 Å². The second-order valence-electron chi connectivity index (χ2n) is 10.3. The molecule has 2 heterocycles. The fourth-order valence-electron chi connectivity index (χ4n) is 4.29. The molecule has 9 nitrogen and oxygen atoms in total. The molecule has 10 heteroatoms. The summed E-state index contributed by atoms with van der Waals surface area (Å²) in [4.78, 5) is 19.3. The summed E-state index contributed by atoms with van der Waals surface area (Å²) in [6.07, 6.45) is 2.95. The molecule has 0 N–H and O–H groups in total. The molecule has 3 aromatic rings. The summed E-state index contributed by atoms with van der Waals surface area (Å²) in [5.74, 6) is 0.672. The molecule has 1 amide bonds. The smallest absolute Gasteiger partial charge is 0.257 e. The average molecular weight is 527 g/mol. The zero-order valence-corrected chi connectivity index (χ0v) is 22.8. The van der Waals surface area contributed by atoms with Gasteiger partial charge in [0.2, 0.25) is 21.7 Å². The molecule has 0 spiro atoms. The number of ether oxygens (including phenoxy) is 1. The van der Waals surface area contributed by atoms with Gasteiger partial charge in [-0.25, -0.2) is 8.42 Å². The number of carbonyl (C=O) groups is 1. The molecule has 0 aliphatic carbocycles. The third-order valence-corrected chi connectivity index (χ3v) is 8.39. The molecule has 1 aromatic heterocycles. The molecule has 0 unspecified atom stereocenters. The first-order valence-corrected chi connectivity index (χ1v) is 13.8. The van der Waals surface area contributed by atoms with E-state index in [4.69, 9.17) is 9.26 Å². The number of hydrogen-bond acceptors (Lipinski definition) is 7. The summed E-state index contributed by atoms with van der Waals surface area (Å²) in [7, 11) is -1.04. The fourth-order valence-corrected chi connectivity index (χ4v) is 5.44. The van der Waals surface area contributed by atoms with Crippen LogP contribution in [0.25, 0.3) is 11.4 Å². The van der Waals surface area contributed by atoms with Crippen molar-refractivity contribution in [2.24, 2.45) is 0 Å². The molecule has 0 saturated carbocycles. The van der Waals surface area contributed by atoms with Gasteiger partial charge in [-0.2, -0.15) is 9.29 Å². The van der Waals surface area contributed by atoms with Crippen LogP contribution in [0.3, 0.4) is 0 Å². The molecule has 0 radical (unpaired) electrons. The van der Waals surface area contributed by atoms with Crippen LogP contribution in [0.4, 0.5) is 0 Å². The minimum Gasteiger partial charge on any atom is -0.496 e. The van der Waals surface area contributed by atoms with Crippen LogP contribution in [0, 0.1) is 0 Å². The van der Waals surface area contributed by atoms with Crippen molar-refractivity contribution in [1.82, 2.24) is 19.3 Å². The van der Waals surface area contributed by atoms with Crippen LogP contribution < -0.4 is 4.74 Å². The number of nitrogens with zero attached hydrogens (tertiary/aromatic N) is 4. The first-order chi connectivity index (χ1) is 17.5. The van der Waals surface area contributed by atoms with E-state index in [0.717, 1.165) is 29.1 Å². The Bertz CT molecular complexity index is 1350. The van der Waals surface area contributed by atoms with Gasteiger partial charge in [-0.05, 0) is 48.4 Å².